The quantitative estimate of drug-likeness (QED) is 0.647. The van der Waals surface area contributed by atoms with Crippen molar-refractivity contribution < 1.29 is 10.0 Å². The molecule has 3 heteroatoms. The fraction of sp³-hybridized carbons (Fsp3) is 0.133. The first kappa shape index (κ1) is 12.3. The summed E-state index contributed by atoms with van der Waals surface area (Å²) in [5, 5.41) is 10.8. The van der Waals surface area contributed by atoms with Crippen LogP contribution in [0.5, 0.6) is 0 Å². The van der Waals surface area contributed by atoms with Gasteiger partial charge < -0.3 is 0 Å². The standard InChI is InChI=1S/C15H15NO2/c1-11-7-6-8-12(2)14(11)16(18)15(17)13-9-4-3-5-10-13/h3-10,18H,1-2H3. The van der Waals surface area contributed by atoms with Crippen molar-refractivity contribution in [2.24, 2.45) is 0 Å². The highest BCUT2D eigenvalue weighted by molar-refractivity contribution is 6.05. The van der Waals surface area contributed by atoms with Crippen LogP contribution in [0, 0.1) is 13.8 Å². The van der Waals surface area contributed by atoms with Gasteiger partial charge in [-0.05, 0) is 37.1 Å². The number of benzene rings is 2. The van der Waals surface area contributed by atoms with Crippen LogP contribution in [-0.2, 0) is 0 Å². The van der Waals surface area contributed by atoms with Crippen LogP contribution in [0.15, 0.2) is 48.5 Å². The summed E-state index contributed by atoms with van der Waals surface area (Å²) in [6.45, 7) is 3.73. The zero-order valence-corrected chi connectivity index (χ0v) is 10.4. The highest BCUT2D eigenvalue weighted by Gasteiger charge is 2.18. The molecule has 3 nitrogen and oxygen atoms in total. The Morgan fingerprint density at radius 3 is 2.06 bits per heavy atom. The number of amides is 1. The summed E-state index contributed by atoms with van der Waals surface area (Å²) in [4.78, 5) is 12.1. The normalized spacial score (nSPS) is 10.2. The van der Waals surface area contributed by atoms with E-state index < -0.39 is 5.91 Å². The van der Waals surface area contributed by atoms with Crippen LogP contribution in [0.3, 0.4) is 0 Å². The molecule has 0 saturated carbocycles. The topological polar surface area (TPSA) is 40.5 Å². The van der Waals surface area contributed by atoms with E-state index in [2.05, 4.69) is 0 Å². The van der Waals surface area contributed by atoms with Crippen LogP contribution in [0.4, 0.5) is 5.69 Å². The van der Waals surface area contributed by atoms with E-state index in [1.807, 2.05) is 38.1 Å². The van der Waals surface area contributed by atoms with E-state index in [1.165, 1.54) is 0 Å². The lowest BCUT2D eigenvalue weighted by molar-refractivity contribution is 0.0853. The van der Waals surface area contributed by atoms with E-state index in [1.54, 1.807) is 24.3 Å². The van der Waals surface area contributed by atoms with Gasteiger partial charge in [0.05, 0.1) is 5.69 Å². The Morgan fingerprint density at radius 1 is 0.944 bits per heavy atom. The van der Waals surface area contributed by atoms with E-state index in [0.717, 1.165) is 16.2 Å². The maximum Gasteiger partial charge on any atom is 0.282 e. The first-order valence-corrected chi connectivity index (χ1v) is 5.76. The minimum atomic E-state index is -0.423. The Hall–Kier alpha value is -2.13. The molecule has 0 aliphatic heterocycles. The van der Waals surface area contributed by atoms with E-state index in [0.29, 0.717) is 11.3 Å². The van der Waals surface area contributed by atoms with Gasteiger partial charge >= 0.3 is 0 Å². The van der Waals surface area contributed by atoms with Gasteiger partial charge in [-0.1, -0.05) is 36.4 Å². The monoisotopic (exact) mass is 241 g/mol. The van der Waals surface area contributed by atoms with Crippen LogP contribution in [0.2, 0.25) is 0 Å². The summed E-state index contributed by atoms with van der Waals surface area (Å²) in [5.74, 6) is -0.423. The van der Waals surface area contributed by atoms with Gasteiger partial charge in [0.25, 0.3) is 5.91 Å². The smallest absolute Gasteiger partial charge is 0.281 e. The highest BCUT2D eigenvalue weighted by atomic mass is 16.5. The van der Waals surface area contributed by atoms with Gasteiger partial charge in [0.1, 0.15) is 0 Å². The Morgan fingerprint density at radius 2 is 1.50 bits per heavy atom. The molecule has 18 heavy (non-hydrogen) atoms. The summed E-state index contributed by atoms with van der Waals surface area (Å²) < 4.78 is 0. The second-order valence-electron chi connectivity index (χ2n) is 4.22. The third kappa shape index (κ3) is 2.26. The fourth-order valence-electron chi connectivity index (χ4n) is 1.94. The summed E-state index contributed by atoms with van der Waals surface area (Å²) in [6, 6.07) is 14.4. The number of nitrogens with zero attached hydrogens (tertiary/aromatic N) is 1. The Labute approximate surface area is 106 Å². The minimum Gasteiger partial charge on any atom is -0.281 e. The van der Waals surface area contributed by atoms with E-state index >= 15 is 0 Å². The molecule has 2 aromatic rings. The Balaban J connectivity index is 2.38. The second-order valence-corrected chi connectivity index (χ2v) is 4.22. The molecule has 0 aliphatic carbocycles. The highest BCUT2D eigenvalue weighted by Crippen LogP contribution is 2.24. The molecule has 0 spiro atoms. The molecule has 0 saturated heterocycles. The third-order valence-electron chi connectivity index (χ3n) is 2.86. The Kier molecular flexibility index (Phi) is 3.44. The van der Waals surface area contributed by atoms with E-state index in [9.17, 15) is 10.0 Å². The number of hydrogen-bond donors (Lipinski definition) is 1. The first-order valence-electron chi connectivity index (χ1n) is 5.76. The summed E-state index contributed by atoms with van der Waals surface area (Å²) in [5.41, 5.74) is 2.73. The maximum absolute atomic E-state index is 12.1. The molecule has 1 amide bonds. The average Bonchev–Trinajstić information content (AvgIpc) is 2.38. The number of para-hydroxylation sites is 1. The molecule has 0 heterocycles. The molecule has 0 aromatic heterocycles. The number of hydrogen-bond acceptors (Lipinski definition) is 2. The van der Waals surface area contributed by atoms with Gasteiger partial charge in [-0.3, -0.25) is 10.0 Å². The summed E-state index contributed by atoms with van der Waals surface area (Å²) in [6.07, 6.45) is 0. The average molecular weight is 241 g/mol. The zero-order valence-electron chi connectivity index (χ0n) is 10.4. The third-order valence-corrected chi connectivity index (χ3v) is 2.86. The maximum atomic E-state index is 12.1. The number of carbonyl (C=O) groups is 1. The molecule has 0 unspecified atom stereocenters. The summed E-state index contributed by atoms with van der Waals surface area (Å²) >= 11 is 0. The predicted octanol–water partition coefficient (Wildman–Crippen LogP) is 3.34. The molecule has 0 radical (unpaired) electrons. The largest absolute Gasteiger partial charge is 0.282 e. The van der Waals surface area contributed by atoms with Crippen molar-refractivity contribution in [3.05, 3.63) is 65.2 Å². The molecular formula is C15H15NO2. The van der Waals surface area contributed by atoms with Gasteiger partial charge in [-0.15, -0.1) is 0 Å². The van der Waals surface area contributed by atoms with Gasteiger partial charge in [0.2, 0.25) is 0 Å². The molecule has 92 valence electrons. The van der Waals surface area contributed by atoms with Crippen LogP contribution in [0.1, 0.15) is 21.5 Å². The number of aryl methyl sites for hydroxylation is 2. The molecule has 0 aliphatic rings. The molecule has 1 N–H and O–H groups in total. The lowest BCUT2D eigenvalue weighted by Gasteiger charge is -2.19. The van der Waals surface area contributed by atoms with Crippen molar-refractivity contribution in [3.63, 3.8) is 0 Å². The van der Waals surface area contributed by atoms with Crippen molar-refractivity contribution in [3.8, 4) is 0 Å². The van der Waals surface area contributed by atoms with Crippen LogP contribution in [-0.4, -0.2) is 11.1 Å². The molecule has 0 fully saturated rings. The van der Waals surface area contributed by atoms with E-state index in [-0.39, 0.29) is 0 Å². The van der Waals surface area contributed by atoms with Gasteiger partial charge in [-0.25, -0.2) is 0 Å². The SMILES string of the molecule is Cc1cccc(C)c1N(O)C(=O)c1ccccc1. The Bertz CT molecular complexity index is 544. The van der Waals surface area contributed by atoms with Crippen molar-refractivity contribution in [2.75, 3.05) is 5.06 Å². The predicted molar refractivity (Wildman–Crippen MR) is 71.0 cm³/mol. The van der Waals surface area contributed by atoms with Crippen LogP contribution in [0.25, 0.3) is 0 Å². The van der Waals surface area contributed by atoms with Gasteiger partial charge in [-0.2, -0.15) is 5.06 Å². The molecular weight excluding hydrogens is 226 g/mol. The van der Waals surface area contributed by atoms with Crippen molar-refractivity contribution in [1.82, 2.24) is 0 Å². The first-order chi connectivity index (χ1) is 8.61. The van der Waals surface area contributed by atoms with Crippen molar-refractivity contribution in [1.29, 1.82) is 0 Å². The van der Waals surface area contributed by atoms with Crippen LogP contribution >= 0.6 is 0 Å². The molecule has 0 bridgehead atoms. The molecule has 2 rings (SSSR count). The fourth-order valence-corrected chi connectivity index (χ4v) is 1.94. The lowest BCUT2D eigenvalue weighted by Crippen LogP contribution is -2.28. The lowest BCUT2D eigenvalue weighted by atomic mass is 10.1. The molecule has 0 atom stereocenters. The van der Waals surface area contributed by atoms with Crippen molar-refractivity contribution in [2.45, 2.75) is 13.8 Å². The van der Waals surface area contributed by atoms with Crippen molar-refractivity contribution >= 4 is 11.6 Å². The van der Waals surface area contributed by atoms with Crippen LogP contribution < -0.4 is 5.06 Å². The molecule has 2 aromatic carbocycles. The van der Waals surface area contributed by atoms with E-state index in [4.69, 9.17) is 0 Å². The van der Waals surface area contributed by atoms with Gasteiger partial charge in [0, 0.05) is 5.56 Å². The number of anilines is 1. The second kappa shape index (κ2) is 5.02. The number of carbonyl (C=O) groups excluding carboxylic acids is 1. The minimum absolute atomic E-state index is 0.423. The number of rotatable bonds is 2. The zero-order chi connectivity index (χ0) is 13.1. The number of hydroxylamine groups is 1. The van der Waals surface area contributed by atoms with Gasteiger partial charge in [0.15, 0.2) is 0 Å². The summed E-state index contributed by atoms with van der Waals surface area (Å²) in [7, 11) is 0.